The third-order valence-corrected chi connectivity index (χ3v) is 5.20. The molecule has 1 aliphatic heterocycles. The molecule has 26 heavy (non-hydrogen) atoms. The second kappa shape index (κ2) is 9.06. The molecule has 1 heterocycles. The van der Waals surface area contributed by atoms with Crippen LogP contribution in [0.4, 0.5) is 4.79 Å². The molecule has 1 fully saturated rings. The summed E-state index contributed by atoms with van der Waals surface area (Å²) in [7, 11) is 1.79. The number of carbonyl (C=O) groups is 1. The molecule has 138 valence electrons. The van der Waals surface area contributed by atoms with Crippen molar-refractivity contribution < 1.29 is 9.53 Å². The number of carbonyl (C=O) groups excluding carboxylic acids is 1. The van der Waals surface area contributed by atoms with Crippen molar-refractivity contribution in [2.75, 3.05) is 26.7 Å². The van der Waals surface area contributed by atoms with Crippen molar-refractivity contribution in [2.24, 2.45) is 0 Å². The fourth-order valence-electron chi connectivity index (χ4n) is 3.33. The van der Waals surface area contributed by atoms with Crippen LogP contribution in [0.1, 0.15) is 30.0 Å². The number of benzene rings is 2. The van der Waals surface area contributed by atoms with E-state index in [4.69, 9.17) is 16.3 Å². The number of amides is 1. The van der Waals surface area contributed by atoms with E-state index in [-0.39, 0.29) is 18.7 Å². The molecule has 1 aliphatic rings. The Kier molecular flexibility index (Phi) is 6.53. The zero-order valence-corrected chi connectivity index (χ0v) is 15.9. The number of halogens is 1. The summed E-state index contributed by atoms with van der Waals surface area (Å²) in [5.41, 5.74) is 1.93. The second-order valence-electron chi connectivity index (χ2n) is 6.70. The summed E-state index contributed by atoms with van der Waals surface area (Å²) >= 11 is 6.43. The molecule has 2 aromatic carbocycles. The van der Waals surface area contributed by atoms with Crippen LogP contribution >= 0.6 is 11.6 Å². The van der Waals surface area contributed by atoms with Gasteiger partial charge in [0.2, 0.25) is 0 Å². The Morgan fingerprint density at radius 3 is 2.46 bits per heavy atom. The molecule has 1 unspecified atom stereocenters. The van der Waals surface area contributed by atoms with Crippen LogP contribution in [-0.2, 0) is 11.3 Å². The Morgan fingerprint density at radius 1 is 1.12 bits per heavy atom. The van der Waals surface area contributed by atoms with Crippen LogP contribution in [0.5, 0.6) is 0 Å². The molecule has 1 saturated heterocycles. The Morgan fingerprint density at radius 2 is 1.77 bits per heavy atom. The normalized spacial score (nSPS) is 15.6. The number of likely N-dealkylation sites (N-methyl/N-ethyl adjacent to an activating group) is 1. The summed E-state index contributed by atoms with van der Waals surface area (Å²) in [6, 6.07) is 17.3. The van der Waals surface area contributed by atoms with Crippen molar-refractivity contribution in [3.63, 3.8) is 0 Å². The molecule has 2 aromatic rings. The Bertz CT molecular complexity index is 717. The molecule has 0 N–H and O–H groups in total. The fourth-order valence-corrected chi connectivity index (χ4v) is 3.59. The Balaban J connectivity index is 1.72. The molecule has 0 aliphatic carbocycles. The molecular formula is C21H25ClN2O2. The van der Waals surface area contributed by atoms with Crippen molar-refractivity contribution in [1.82, 2.24) is 9.80 Å². The van der Waals surface area contributed by atoms with Gasteiger partial charge >= 0.3 is 6.09 Å². The quantitative estimate of drug-likeness (QED) is 0.733. The molecule has 0 spiro atoms. The van der Waals surface area contributed by atoms with E-state index in [1.54, 1.807) is 11.9 Å². The van der Waals surface area contributed by atoms with Crippen molar-refractivity contribution >= 4 is 17.7 Å². The van der Waals surface area contributed by atoms with Gasteiger partial charge in [0.05, 0.1) is 6.04 Å². The minimum absolute atomic E-state index is 0.134. The highest BCUT2D eigenvalue weighted by Crippen LogP contribution is 2.29. The number of rotatable bonds is 6. The first-order chi connectivity index (χ1) is 12.6. The van der Waals surface area contributed by atoms with Crippen LogP contribution in [0, 0.1) is 0 Å². The topological polar surface area (TPSA) is 32.8 Å². The van der Waals surface area contributed by atoms with Gasteiger partial charge in [0.25, 0.3) is 0 Å². The molecule has 0 aromatic heterocycles. The minimum Gasteiger partial charge on any atom is -0.445 e. The summed E-state index contributed by atoms with van der Waals surface area (Å²) in [4.78, 5) is 16.7. The summed E-state index contributed by atoms with van der Waals surface area (Å²) in [6.45, 7) is 3.16. The van der Waals surface area contributed by atoms with E-state index in [1.165, 1.54) is 12.8 Å². The van der Waals surface area contributed by atoms with Gasteiger partial charge in [-0.15, -0.1) is 0 Å². The van der Waals surface area contributed by atoms with E-state index in [2.05, 4.69) is 4.90 Å². The summed E-state index contributed by atoms with van der Waals surface area (Å²) in [5.74, 6) is 0. The van der Waals surface area contributed by atoms with Gasteiger partial charge in [-0.05, 0) is 43.1 Å². The fraction of sp³-hybridized carbons (Fsp3) is 0.381. The zero-order valence-electron chi connectivity index (χ0n) is 15.1. The lowest BCUT2D eigenvalue weighted by Crippen LogP contribution is -2.38. The molecular weight excluding hydrogens is 348 g/mol. The molecule has 0 saturated carbocycles. The standard InChI is InChI=1S/C21H25ClN2O2/c1-23(21(25)26-16-17-9-3-2-4-10-17)20(15-24-13-7-8-14-24)18-11-5-6-12-19(18)22/h2-6,9-12,20H,7-8,13-16H2,1H3. The van der Waals surface area contributed by atoms with Crippen LogP contribution in [0.15, 0.2) is 54.6 Å². The number of likely N-dealkylation sites (tertiary alicyclic amines) is 1. The smallest absolute Gasteiger partial charge is 0.410 e. The van der Waals surface area contributed by atoms with Crippen LogP contribution in [0.3, 0.4) is 0 Å². The highest BCUT2D eigenvalue weighted by Gasteiger charge is 2.27. The first-order valence-corrected chi connectivity index (χ1v) is 9.43. The number of hydrogen-bond donors (Lipinski definition) is 0. The van der Waals surface area contributed by atoms with Crippen LogP contribution in [0.25, 0.3) is 0 Å². The van der Waals surface area contributed by atoms with E-state index >= 15 is 0 Å². The highest BCUT2D eigenvalue weighted by molar-refractivity contribution is 6.31. The molecule has 4 nitrogen and oxygen atoms in total. The van der Waals surface area contributed by atoms with Gasteiger partial charge in [-0.25, -0.2) is 4.79 Å². The van der Waals surface area contributed by atoms with E-state index in [9.17, 15) is 4.79 Å². The van der Waals surface area contributed by atoms with Gasteiger partial charge in [0.1, 0.15) is 6.61 Å². The van der Waals surface area contributed by atoms with Crippen molar-refractivity contribution in [1.29, 1.82) is 0 Å². The van der Waals surface area contributed by atoms with E-state index < -0.39 is 0 Å². The minimum atomic E-state index is -0.335. The van der Waals surface area contributed by atoms with Crippen LogP contribution < -0.4 is 0 Å². The number of ether oxygens (including phenoxy) is 1. The van der Waals surface area contributed by atoms with Gasteiger partial charge in [-0.2, -0.15) is 0 Å². The third kappa shape index (κ3) is 4.77. The van der Waals surface area contributed by atoms with Crippen molar-refractivity contribution in [2.45, 2.75) is 25.5 Å². The van der Waals surface area contributed by atoms with Crippen LogP contribution in [-0.4, -0.2) is 42.6 Å². The molecule has 0 bridgehead atoms. The molecule has 1 amide bonds. The largest absolute Gasteiger partial charge is 0.445 e. The van der Waals surface area contributed by atoms with Gasteiger partial charge in [0, 0.05) is 18.6 Å². The molecule has 5 heteroatoms. The highest BCUT2D eigenvalue weighted by atomic mass is 35.5. The lowest BCUT2D eigenvalue weighted by Gasteiger charge is -2.32. The first-order valence-electron chi connectivity index (χ1n) is 9.05. The lowest BCUT2D eigenvalue weighted by atomic mass is 10.1. The maximum atomic E-state index is 12.7. The maximum absolute atomic E-state index is 12.7. The monoisotopic (exact) mass is 372 g/mol. The average Bonchev–Trinajstić information content (AvgIpc) is 3.18. The summed E-state index contributed by atoms with van der Waals surface area (Å²) < 4.78 is 5.52. The van der Waals surface area contributed by atoms with Gasteiger partial charge in [-0.1, -0.05) is 60.1 Å². The SMILES string of the molecule is CN(C(=O)OCc1ccccc1)C(CN1CCCC1)c1ccccc1Cl. The summed E-state index contributed by atoms with van der Waals surface area (Å²) in [6.07, 6.45) is 2.08. The Labute approximate surface area is 160 Å². The number of hydrogen-bond acceptors (Lipinski definition) is 3. The van der Waals surface area contributed by atoms with Gasteiger partial charge < -0.3 is 14.5 Å². The zero-order chi connectivity index (χ0) is 18.4. The average molecular weight is 373 g/mol. The van der Waals surface area contributed by atoms with Crippen LogP contribution in [0.2, 0.25) is 5.02 Å². The molecule has 0 radical (unpaired) electrons. The number of nitrogens with zero attached hydrogens (tertiary/aromatic N) is 2. The molecule has 1 atom stereocenters. The van der Waals surface area contributed by atoms with Crippen molar-refractivity contribution in [3.05, 3.63) is 70.7 Å². The van der Waals surface area contributed by atoms with Crippen molar-refractivity contribution in [3.8, 4) is 0 Å². The van der Waals surface area contributed by atoms with Gasteiger partial charge in [-0.3, -0.25) is 0 Å². The van der Waals surface area contributed by atoms with E-state index in [1.807, 2.05) is 54.6 Å². The van der Waals surface area contributed by atoms with E-state index in [0.29, 0.717) is 5.02 Å². The lowest BCUT2D eigenvalue weighted by molar-refractivity contribution is 0.0834. The third-order valence-electron chi connectivity index (χ3n) is 4.85. The van der Waals surface area contributed by atoms with E-state index in [0.717, 1.165) is 30.8 Å². The maximum Gasteiger partial charge on any atom is 0.410 e. The second-order valence-corrected chi connectivity index (χ2v) is 7.10. The summed E-state index contributed by atoms with van der Waals surface area (Å²) in [5, 5.41) is 0.680. The predicted molar refractivity (Wildman–Crippen MR) is 104 cm³/mol. The molecule has 3 rings (SSSR count). The first kappa shape index (κ1) is 18.7. The Hall–Kier alpha value is -2.04. The van der Waals surface area contributed by atoms with Gasteiger partial charge in [0.15, 0.2) is 0 Å². The predicted octanol–water partition coefficient (Wildman–Crippen LogP) is 4.75.